The molecule has 4 aliphatic carbocycles. The van der Waals surface area contributed by atoms with Crippen LogP contribution in [0.5, 0.6) is 0 Å². The molecule has 2 aliphatic heterocycles. The zero-order valence-electron chi connectivity index (χ0n) is 21.6. The minimum absolute atomic E-state index is 0.105. The van der Waals surface area contributed by atoms with Gasteiger partial charge in [-0.2, -0.15) is 0 Å². The molecule has 2 saturated heterocycles. The zero-order valence-corrected chi connectivity index (χ0v) is 21.6. The Labute approximate surface area is 200 Å². The second-order valence-electron chi connectivity index (χ2n) is 13.7. The van der Waals surface area contributed by atoms with Crippen LogP contribution in [0.1, 0.15) is 98.8 Å². The number of hydrogen-bond donors (Lipinski definition) is 0. The second kappa shape index (κ2) is 7.69. The Morgan fingerprint density at radius 1 is 0.909 bits per heavy atom. The van der Waals surface area contributed by atoms with E-state index in [1.54, 1.807) is 6.92 Å². The number of esters is 1. The lowest BCUT2D eigenvalue weighted by atomic mass is 9.44. The highest BCUT2D eigenvalue weighted by atomic mass is 16.7. The van der Waals surface area contributed by atoms with Crippen LogP contribution in [0.4, 0.5) is 0 Å². The summed E-state index contributed by atoms with van der Waals surface area (Å²) in [4.78, 5) is 11.5. The van der Waals surface area contributed by atoms with Gasteiger partial charge in [-0.25, -0.2) is 0 Å². The van der Waals surface area contributed by atoms with E-state index >= 15 is 0 Å². The third-order valence-corrected chi connectivity index (χ3v) is 12.2. The molecule has 4 heteroatoms. The quantitative estimate of drug-likeness (QED) is 0.429. The van der Waals surface area contributed by atoms with Crippen molar-refractivity contribution in [2.75, 3.05) is 6.61 Å². The van der Waals surface area contributed by atoms with E-state index in [0.29, 0.717) is 34.7 Å². The minimum atomic E-state index is -0.300. The lowest BCUT2D eigenvalue weighted by Crippen LogP contribution is -2.55. The molecule has 0 aromatic rings. The minimum Gasteiger partial charge on any atom is -0.463 e. The molecule has 0 bridgehead atoms. The molecule has 0 amide bonds. The molecule has 12 atom stereocenters. The van der Waals surface area contributed by atoms with Crippen molar-refractivity contribution in [2.45, 2.75) is 117 Å². The van der Waals surface area contributed by atoms with E-state index in [1.165, 1.54) is 44.9 Å². The molecule has 6 aliphatic rings. The predicted octanol–water partition coefficient (Wildman–Crippen LogP) is 6.36. The van der Waals surface area contributed by atoms with Crippen LogP contribution in [0.15, 0.2) is 0 Å². The third-order valence-electron chi connectivity index (χ3n) is 12.2. The van der Waals surface area contributed by atoms with E-state index in [0.717, 1.165) is 49.5 Å². The normalized spacial score (nSPS) is 57.7. The molecular weight excluding hydrogens is 412 g/mol. The second-order valence-corrected chi connectivity index (χ2v) is 13.7. The predicted molar refractivity (Wildman–Crippen MR) is 127 cm³/mol. The fraction of sp³-hybridized carbons (Fsp3) is 0.966. The van der Waals surface area contributed by atoms with Gasteiger partial charge >= 0.3 is 5.97 Å². The summed E-state index contributed by atoms with van der Waals surface area (Å²) < 4.78 is 19.1. The summed E-state index contributed by atoms with van der Waals surface area (Å²) in [6.07, 6.45) is 12.9. The van der Waals surface area contributed by atoms with Gasteiger partial charge in [0.05, 0.1) is 12.7 Å². The van der Waals surface area contributed by atoms with Gasteiger partial charge in [0.2, 0.25) is 0 Å². The van der Waals surface area contributed by atoms with Gasteiger partial charge in [-0.3, -0.25) is 4.79 Å². The van der Waals surface area contributed by atoms with E-state index < -0.39 is 0 Å². The summed E-state index contributed by atoms with van der Waals surface area (Å²) in [7, 11) is 0. The SMILES string of the molecule is CC(=O)OC1CC[C@@]2(C)[C@@H](CC[C@@H]3[C@@H]2CC[C@]2(C)[C@@H]4[C@H](C[C@@H]32)O[C@]2(CC[C@@H](C)CO2)[C@H]4C)C1. The average molecular weight is 459 g/mol. The first-order valence-corrected chi connectivity index (χ1v) is 14.2. The topological polar surface area (TPSA) is 44.8 Å². The Hall–Kier alpha value is -0.610. The van der Waals surface area contributed by atoms with Gasteiger partial charge in [0.1, 0.15) is 6.10 Å². The molecule has 0 radical (unpaired) electrons. The van der Waals surface area contributed by atoms with Crippen molar-refractivity contribution in [1.82, 2.24) is 0 Å². The molecule has 186 valence electrons. The van der Waals surface area contributed by atoms with Crippen LogP contribution in [-0.4, -0.2) is 30.6 Å². The number of fused-ring (bicyclic) bond motifs is 7. The number of carbonyl (C=O) groups excluding carboxylic acids is 1. The number of carbonyl (C=O) groups is 1. The smallest absolute Gasteiger partial charge is 0.302 e. The van der Waals surface area contributed by atoms with Crippen LogP contribution in [-0.2, 0) is 19.0 Å². The van der Waals surface area contributed by atoms with E-state index in [-0.39, 0.29) is 17.9 Å². The molecule has 0 N–H and O–H groups in total. The first-order valence-electron chi connectivity index (χ1n) is 14.2. The monoisotopic (exact) mass is 458 g/mol. The summed E-state index contributed by atoms with van der Waals surface area (Å²) in [5.41, 5.74) is 0.828. The van der Waals surface area contributed by atoms with E-state index in [9.17, 15) is 4.79 Å². The Balaban J connectivity index is 1.21. The Morgan fingerprint density at radius 2 is 1.70 bits per heavy atom. The largest absolute Gasteiger partial charge is 0.463 e. The highest BCUT2D eigenvalue weighted by Crippen LogP contribution is 2.71. The zero-order chi connectivity index (χ0) is 23.2. The third kappa shape index (κ3) is 3.25. The van der Waals surface area contributed by atoms with Crippen LogP contribution >= 0.6 is 0 Å². The molecule has 6 rings (SSSR count). The van der Waals surface area contributed by atoms with E-state index in [2.05, 4.69) is 27.7 Å². The van der Waals surface area contributed by atoms with Crippen molar-refractivity contribution in [3.63, 3.8) is 0 Å². The number of hydrogen-bond acceptors (Lipinski definition) is 4. The highest BCUT2D eigenvalue weighted by Gasteiger charge is 2.69. The van der Waals surface area contributed by atoms with Gasteiger partial charge in [0.15, 0.2) is 5.79 Å². The van der Waals surface area contributed by atoms with Gasteiger partial charge in [-0.15, -0.1) is 0 Å². The fourth-order valence-corrected chi connectivity index (χ4v) is 10.6. The van der Waals surface area contributed by atoms with Crippen LogP contribution in [0.3, 0.4) is 0 Å². The molecule has 2 heterocycles. The van der Waals surface area contributed by atoms with Crippen LogP contribution in [0, 0.1) is 52.3 Å². The molecule has 4 saturated carbocycles. The standard InChI is InChI=1S/C29H46O4/c1-17-8-13-29(31-16-17)18(2)26-25(33-29)15-24-22-7-6-20-14-21(32-19(3)30)9-11-27(20,4)23(22)10-12-28(24,26)5/h17-18,20-26H,6-16H2,1-5H3/t17-,18+,20+,21?,22-,23+,24+,25+,26+,27+,28+,29-/m1/s1. The van der Waals surface area contributed by atoms with Gasteiger partial charge in [-0.1, -0.05) is 27.7 Å². The molecule has 33 heavy (non-hydrogen) atoms. The Kier molecular flexibility index (Phi) is 5.32. The fourth-order valence-electron chi connectivity index (χ4n) is 10.6. The summed E-state index contributed by atoms with van der Waals surface area (Å²) in [5, 5.41) is 0. The van der Waals surface area contributed by atoms with Gasteiger partial charge in [-0.05, 0) is 104 Å². The van der Waals surface area contributed by atoms with Crippen LogP contribution < -0.4 is 0 Å². The van der Waals surface area contributed by atoms with Crippen molar-refractivity contribution < 1.29 is 19.0 Å². The summed E-state index contributed by atoms with van der Waals surface area (Å²) in [6.45, 7) is 12.4. The molecule has 1 spiro atoms. The Bertz CT molecular complexity index is 786. The lowest BCUT2D eigenvalue weighted by molar-refractivity contribution is -0.273. The molecule has 4 nitrogen and oxygen atoms in total. The van der Waals surface area contributed by atoms with Gasteiger partial charge in [0, 0.05) is 19.3 Å². The van der Waals surface area contributed by atoms with Crippen LogP contribution in [0.25, 0.3) is 0 Å². The summed E-state index contributed by atoms with van der Waals surface area (Å²) >= 11 is 0. The molecule has 0 aromatic heterocycles. The molecule has 6 fully saturated rings. The maximum Gasteiger partial charge on any atom is 0.302 e. The lowest BCUT2D eigenvalue weighted by Gasteiger charge is -2.61. The van der Waals surface area contributed by atoms with Crippen molar-refractivity contribution >= 4 is 5.97 Å². The van der Waals surface area contributed by atoms with Crippen LogP contribution in [0.2, 0.25) is 0 Å². The molecule has 1 unspecified atom stereocenters. The van der Waals surface area contributed by atoms with Crippen molar-refractivity contribution in [3.05, 3.63) is 0 Å². The van der Waals surface area contributed by atoms with Crippen molar-refractivity contribution in [2.24, 2.45) is 52.3 Å². The molecular formula is C29H46O4. The summed E-state index contributed by atoms with van der Waals surface area (Å²) in [6, 6.07) is 0. The number of ether oxygens (including phenoxy) is 3. The Morgan fingerprint density at radius 3 is 2.42 bits per heavy atom. The summed E-state index contributed by atoms with van der Waals surface area (Å²) in [5.74, 6) is 4.63. The first-order chi connectivity index (χ1) is 15.7. The van der Waals surface area contributed by atoms with Crippen molar-refractivity contribution in [3.8, 4) is 0 Å². The highest BCUT2D eigenvalue weighted by molar-refractivity contribution is 5.66. The maximum absolute atomic E-state index is 11.5. The van der Waals surface area contributed by atoms with Gasteiger partial charge < -0.3 is 14.2 Å². The maximum atomic E-state index is 11.5. The average Bonchev–Trinajstić information content (AvgIpc) is 3.21. The van der Waals surface area contributed by atoms with Crippen molar-refractivity contribution in [1.29, 1.82) is 0 Å². The molecule has 0 aromatic carbocycles. The number of rotatable bonds is 1. The van der Waals surface area contributed by atoms with E-state index in [4.69, 9.17) is 14.2 Å². The van der Waals surface area contributed by atoms with E-state index in [1.807, 2.05) is 0 Å². The van der Waals surface area contributed by atoms with Gasteiger partial charge in [0.25, 0.3) is 0 Å². The first kappa shape index (κ1) is 22.8.